The summed E-state index contributed by atoms with van der Waals surface area (Å²) in [6.45, 7) is 3.80. The Balaban J connectivity index is 2.78. The lowest BCUT2D eigenvalue weighted by Gasteiger charge is -2.01. The number of aliphatic imine (C=N–C) groups is 1. The molecule has 0 aromatic carbocycles. The normalized spacial score (nSPS) is 32.6. The van der Waals surface area contributed by atoms with E-state index in [1.165, 1.54) is 0 Å². The van der Waals surface area contributed by atoms with Crippen LogP contribution in [0, 0.1) is 6.07 Å². The summed E-state index contributed by atoms with van der Waals surface area (Å²) in [5.41, 5.74) is 5.53. The van der Waals surface area contributed by atoms with Gasteiger partial charge >= 0.3 is 5.84 Å². The van der Waals surface area contributed by atoms with Gasteiger partial charge in [0.25, 0.3) is 0 Å². The van der Waals surface area contributed by atoms with Crippen molar-refractivity contribution in [2.24, 2.45) is 10.7 Å². The minimum Gasteiger partial charge on any atom is -0.310 e. The van der Waals surface area contributed by atoms with Crippen LogP contribution in [-0.2, 0) is 0 Å². The molecule has 3 nitrogen and oxygen atoms in total. The van der Waals surface area contributed by atoms with E-state index in [1.807, 2.05) is 13.8 Å². The highest BCUT2D eigenvalue weighted by Crippen LogP contribution is 2.00. The smallest absolute Gasteiger partial charge is 0.310 e. The summed E-state index contributed by atoms with van der Waals surface area (Å²) in [5, 5.41) is 0. The van der Waals surface area contributed by atoms with Crippen molar-refractivity contribution in [3.8, 4) is 6.07 Å². The van der Waals surface area contributed by atoms with Gasteiger partial charge in [0, 0.05) is 0 Å². The molecule has 1 aliphatic heterocycles. The van der Waals surface area contributed by atoms with E-state index in [4.69, 9.17) is 5.73 Å². The van der Waals surface area contributed by atoms with Gasteiger partial charge in [-0.2, -0.15) is 4.85 Å². The van der Waals surface area contributed by atoms with E-state index < -0.39 is 0 Å². The van der Waals surface area contributed by atoms with Crippen molar-refractivity contribution in [3.05, 3.63) is 4.85 Å². The lowest BCUT2D eigenvalue weighted by Crippen LogP contribution is -2.31. The summed E-state index contributed by atoms with van der Waals surface area (Å²) in [7, 11) is 0. The second kappa shape index (κ2) is 2.16. The molecule has 2 N–H and O–H groups in total. The van der Waals surface area contributed by atoms with Crippen LogP contribution < -0.4 is 5.73 Å². The standard InChI is InChI=1S/C6H10N3/c1-4-6(7)3-8-5(2)9-4/h4,6H,7H2,1-2H3/q+1. The Hall–Kier alpha value is -0.880. The fraction of sp³-hybridized carbons (Fsp3) is 0.667. The summed E-state index contributed by atoms with van der Waals surface area (Å²) in [5.74, 6) is 0.768. The van der Waals surface area contributed by atoms with Crippen molar-refractivity contribution in [2.75, 3.05) is 0 Å². The summed E-state index contributed by atoms with van der Waals surface area (Å²) >= 11 is 0. The fourth-order valence-electron chi connectivity index (χ4n) is 0.680. The molecular weight excluding hydrogens is 114 g/mol. The Morgan fingerprint density at radius 1 is 1.78 bits per heavy atom. The highest BCUT2D eigenvalue weighted by molar-refractivity contribution is 5.90. The summed E-state index contributed by atoms with van der Waals surface area (Å²) < 4.78 is 0. The first-order valence-electron chi connectivity index (χ1n) is 2.96. The van der Waals surface area contributed by atoms with Gasteiger partial charge in [0.2, 0.25) is 0 Å². The van der Waals surface area contributed by atoms with Crippen molar-refractivity contribution in [2.45, 2.75) is 25.9 Å². The molecule has 0 fully saturated rings. The SMILES string of the molecule is CC1=NC(C)C(N)C#[N+]1. The van der Waals surface area contributed by atoms with Gasteiger partial charge in [0.05, 0.1) is 6.92 Å². The molecule has 0 amide bonds. The van der Waals surface area contributed by atoms with Crippen LogP contribution in [0.15, 0.2) is 4.99 Å². The van der Waals surface area contributed by atoms with Gasteiger partial charge in [-0.15, -0.1) is 0 Å². The Morgan fingerprint density at radius 2 is 2.44 bits per heavy atom. The lowest BCUT2D eigenvalue weighted by atomic mass is 10.2. The van der Waals surface area contributed by atoms with Gasteiger partial charge in [-0.1, -0.05) is 4.99 Å². The largest absolute Gasteiger partial charge is 0.393 e. The van der Waals surface area contributed by atoms with Crippen molar-refractivity contribution in [1.82, 2.24) is 0 Å². The highest BCUT2D eigenvalue weighted by Gasteiger charge is 2.22. The number of nitrogens with zero attached hydrogens (tertiary/aromatic N) is 2. The molecule has 0 radical (unpaired) electrons. The quantitative estimate of drug-likeness (QED) is 0.501. The van der Waals surface area contributed by atoms with Gasteiger partial charge in [-0.05, 0) is 6.92 Å². The predicted octanol–water partition coefficient (Wildman–Crippen LogP) is 0.467. The van der Waals surface area contributed by atoms with Crippen molar-refractivity contribution in [3.63, 3.8) is 0 Å². The van der Waals surface area contributed by atoms with Crippen molar-refractivity contribution in [1.29, 1.82) is 0 Å². The van der Waals surface area contributed by atoms with Crippen LogP contribution in [0.3, 0.4) is 0 Å². The summed E-state index contributed by atoms with van der Waals surface area (Å²) in [4.78, 5) is 7.96. The third kappa shape index (κ3) is 1.27. The van der Waals surface area contributed by atoms with E-state index in [0.29, 0.717) is 0 Å². The molecule has 0 aromatic rings. The molecule has 3 heteroatoms. The van der Waals surface area contributed by atoms with Crippen LogP contribution in [0.25, 0.3) is 4.85 Å². The zero-order valence-corrected chi connectivity index (χ0v) is 5.63. The minimum atomic E-state index is -0.117. The molecule has 48 valence electrons. The second-order valence-electron chi connectivity index (χ2n) is 2.18. The molecule has 0 spiro atoms. The van der Waals surface area contributed by atoms with Crippen LogP contribution in [-0.4, -0.2) is 17.9 Å². The third-order valence-electron chi connectivity index (χ3n) is 1.29. The fourth-order valence-corrected chi connectivity index (χ4v) is 0.680. The van der Waals surface area contributed by atoms with Gasteiger partial charge in [0.1, 0.15) is 0 Å². The van der Waals surface area contributed by atoms with Crippen molar-refractivity contribution < 1.29 is 0 Å². The molecule has 0 bridgehead atoms. The molecule has 0 saturated carbocycles. The molecule has 0 aromatic heterocycles. The second-order valence-corrected chi connectivity index (χ2v) is 2.18. The molecule has 0 saturated heterocycles. The van der Waals surface area contributed by atoms with Crippen molar-refractivity contribution >= 4 is 5.84 Å². The monoisotopic (exact) mass is 124 g/mol. The topological polar surface area (TPSA) is 42.7 Å². The van der Waals surface area contributed by atoms with Crippen LogP contribution in [0.2, 0.25) is 0 Å². The van der Waals surface area contributed by atoms with E-state index in [9.17, 15) is 0 Å². The van der Waals surface area contributed by atoms with E-state index in [1.54, 1.807) is 0 Å². The maximum atomic E-state index is 5.53. The van der Waals surface area contributed by atoms with Gasteiger partial charge in [0.15, 0.2) is 18.2 Å². The molecule has 2 unspecified atom stereocenters. The molecule has 0 aliphatic carbocycles. The van der Waals surface area contributed by atoms with Crippen LogP contribution in [0.1, 0.15) is 13.8 Å². The first kappa shape index (κ1) is 6.24. The molecule has 2 atom stereocenters. The Morgan fingerprint density at radius 3 is 2.89 bits per heavy atom. The predicted molar refractivity (Wildman–Crippen MR) is 37.8 cm³/mol. The first-order valence-corrected chi connectivity index (χ1v) is 2.96. The van der Waals surface area contributed by atoms with E-state index in [0.717, 1.165) is 5.84 Å². The lowest BCUT2D eigenvalue weighted by molar-refractivity contribution is 0.663. The molecule has 1 heterocycles. The number of nitrogens with two attached hydrogens (primary N) is 1. The average Bonchev–Trinajstić information content (AvgIpc) is 1.80. The number of hydrogen-bond donors (Lipinski definition) is 1. The Kier molecular flexibility index (Phi) is 1.50. The van der Waals surface area contributed by atoms with Crippen LogP contribution >= 0.6 is 0 Å². The Labute approximate surface area is 54.4 Å². The average molecular weight is 124 g/mol. The summed E-state index contributed by atoms with van der Waals surface area (Å²) in [6, 6.07) is 2.78. The molecular formula is C6H10N3+. The van der Waals surface area contributed by atoms with Crippen LogP contribution in [0.5, 0.6) is 0 Å². The summed E-state index contributed by atoms with van der Waals surface area (Å²) in [6.07, 6.45) is 0. The van der Waals surface area contributed by atoms with Crippen LogP contribution in [0.4, 0.5) is 0 Å². The zero-order valence-electron chi connectivity index (χ0n) is 5.63. The van der Waals surface area contributed by atoms with Gasteiger partial charge < -0.3 is 5.73 Å². The number of amidine groups is 1. The number of rotatable bonds is 0. The van der Waals surface area contributed by atoms with E-state index >= 15 is 0 Å². The maximum Gasteiger partial charge on any atom is 0.393 e. The zero-order chi connectivity index (χ0) is 6.85. The molecule has 1 aliphatic rings. The third-order valence-corrected chi connectivity index (χ3v) is 1.29. The van der Waals surface area contributed by atoms with E-state index in [-0.39, 0.29) is 12.1 Å². The highest BCUT2D eigenvalue weighted by atomic mass is 15.0. The van der Waals surface area contributed by atoms with Gasteiger partial charge in [-0.3, -0.25) is 0 Å². The minimum absolute atomic E-state index is 0.117. The molecule has 9 heavy (non-hydrogen) atoms. The Bertz CT molecular complexity index is 196. The van der Waals surface area contributed by atoms with E-state index in [2.05, 4.69) is 15.9 Å². The maximum absolute atomic E-state index is 5.53. The van der Waals surface area contributed by atoms with Gasteiger partial charge in [-0.25, -0.2) is 0 Å². The first-order chi connectivity index (χ1) is 4.20. The molecule has 1 rings (SSSR count). The number of hydrogen-bond acceptors (Lipinski definition) is 2.